The number of likely N-dealkylation sites (N-methyl/N-ethyl adjacent to an activating group) is 1. The monoisotopic (exact) mass is 480 g/mol. The van der Waals surface area contributed by atoms with Gasteiger partial charge in [0.15, 0.2) is 0 Å². The average molecular weight is 481 g/mol. The van der Waals surface area contributed by atoms with E-state index in [2.05, 4.69) is 36.9 Å². The number of carbonyl (C=O) groups excluding carboxylic acids is 1. The molecule has 0 aromatic heterocycles. The van der Waals surface area contributed by atoms with Gasteiger partial charge in [0.25, 0.3) is 0 Å². The van der Waals surface area contributed by atoms with Crippen molar-refractivity contribution < 1.29 is 14.6 Å². The molecule has 0 aliphatic carbocycles. The van der Waals surface area contributed by atoms with Crippen LogP contribution in [0.15, 0.2) is 54.6 Å². The van der Waals surface area contributed by atoms with Gasteiger partial charge in [0.05, 0.1) is 12.0 Å². The zero-order valence-electron chi connectivity index (χ0n) is 22.1. The highest BCUT2D eigenvalue weighted by Crippen LogP contribution is 2.38. The van der Waals surface area contributed by atoms with E-state index in [0.717, 1.165) is 44.5 Å². The van der Waals surface area contributed by atoms with E-state index in [1.54, 1.807) is 6.07 Å². The molecule has 2 aromatic carbocycles. The molecule has 1 unspecified atom stereocenters. The van der Waals surface area contributed by atoms with Crippen molar-refractivity contribution in [2.45, 2.75) is 63.2 Å². The highest BCUT2D eigenvalue weighted by molar-refractivity contribution is 5.83. The Morgan fingerprint density at radius 1 is 0.886 bits per heavy atom. The van der Waals surface area contributed by atoms with Crippen LogP contribution in [0.3, 0.4) is 0 Å². The highest BCUT2D eigenvalue weighted by atomic mass is 16.5. The van der Waals surface area contributed by atoms with E-state index in [4.69, 9.17) is 4.74 Å². The molecule has 2 aromatic rings. The molecule has 1 N–H and O–H groups in total. The van der Waals surface area contributed by atoms with E-state index in [1.165, 1.54) is 31.4 Å². The molecule has 2 aliphatic heterocycles. The van der Waals surface area contributed by atoms with Crippen LogP contribution in [0.4, 0.5) is 0 Å². The van der Waals surface area contributed by atoms with Gasteiger partial charge >= 0.3 is 5.97 Å². The van der Waals surface area contributed by atoms with Crippen molar-refractivity contribution in [2.24, 2.45) is 0 Å². The van der Waals surface area contributed by atoms with Crippen LogP contribution in [-0.4, -0.2) is 67.8 Å². The zero-order valence-corrected chi connectivity index (χ0v) is 22.1. The molecule has 2 fully saturated rings. The van der Waals surface area contributed by atoms with Gasteiger partial charge in [-0.25, -0.2) is 0 Å². The summed E-state index contributed by atoms with van der Waals surface area (Å²) in [5.41, 5.74) is 2.18. The van der Waals surface area contributed by atoms with Crippen molar-refractivity contribution in [3.05, 3.63) is 65.7 Å². The predicted octanol–water partition coefficient (Wildman–Crippen LogP) is 5.37. The summed E-state index contributed by atoms with van der Waals surface area (Å²) in [4.78, 5) is 17.1. The summed E-state index contributed by atoms with van der Waals surface area (Å²) in [7, 11) is 4.30. The van der Waals surface area contributed by atoms with Crippen LogP contribution in [0.2, 0.25) is 0 Å². The summed E-state index contributed by atoms with van der Waals surface area (Å²) in [5.74, 6) is 0.325. The Hall–Kier alpha value is -2.37. The number of ether oxygens (including phenoxy) is 1. The lowest BCUT2D eigenvalue weighted by molar-refractivity contribution is -0.152. The lowest BCUT2D eigenvalue weighted by Crippen LogP contribution is -2.47. The number of benzene rings is 2. The molecule has 4 rings (SSSR count). The van der Waals surface area contributed by atoms with E-state index < -0.39 is 5.41 Å². The van der Waals surface area contributed by atoms with Gasteiger partial charge in [0.2, 0.25) is 0 Å². The van der Waals surface area contributed by atoms with E-state index in [0.29, 0.717) is 12.4 Å². The summed E-state index contributed by atoms with van der Waals surface area (Å²) < 4.78 is 5.32. The first kappa shape index (κ1) is 27.2. The third kappa shape index (κ3) is 6.65. The van der Waals surface area contributed by atoms with E-state index in [9.17, 15) is 9.90 Å². The van der Waals surface area contributed by atoms with Crippen molar-refractivity contribution >= 4 is 5.97 Å². The van der Waals surface area contributed by atoms with Crippen molar-refractivity contribution in [3.63, 3.8) is 0 Å². The predicted molar refractivity (Wildman–Crippen MR) is 143 cm³/mol. The Balaban J connectivity index is 0.000000196. The molecule has 0 amide bonds. The van der Waals surface area contributed by atoms with Gasteiger partial charge in [-0.15, -0.1) is 0 Å². The summed E-state index contributed by atoms with van der Waals surface area (Å²) in [6.07, 6.45) is 6.63. The average Bonchev–Trinajstić information content (AvgIpc) is 3.07. The Morgan fingerprint density at radius 3 is 2.20 bits per heavy atom. The molecule has 35 heavy (non-hydrogen) atoms. The first-order valence-electron chi connectivity index (χ1n) is 13.2. The molecule has 2 aliphatic rings. The van der Waals surface area contributed by atoms with Crippen molar-refractivity contribution in [3.8, 4) is 5.75 Å². The first-order valence-corrected chi connectivity index (χ1v) is 13.2. The van der Waals surface area contributed by atoms with Crippen LogP contribution in [-0.2, 0) is 20.4 Å². The number of piperidine rings is 1. The van der Waals surface area contributed by atoms with Gasteiger partial charge in [-0.05, 0) is 96.0 Å². The standard InChI is InChI=1S/C15H21NO2.C15H23NO/c1-3-18-14(17)15(9-11-16(2)12-10-15)13-7-5-4-6-8-13;1-3-15(9-4-5-10-16(2)12-15)13-7-6-8-14(17)11-13/h4-8H,3,9-12H2,1-2H3;6-8,11,17H,3-5,9-10,12H2,1-2H3. The molecule has 2 saturated heterocycles. The number of phenols is 1. The van der Waals surface area contributed by atoms with Gasteiger partial charge in [0, 0.05) is 12.0 Å². The maximum Gasteiger partial charge on any atom is 0.316 e. The molecule has 0 bridgehead atoms. The minimum absolute atomic E-state index is 0.0655. The zero-order chi connectivity index (χ0) is 25.3. The normalized spacial score (nSPS) is 23.0. The van der Waals surface area contributed by atoms with Crippen LogP contribution in [0.5, 0.6) is 5.75 Å². The number of carbonyl (C=O) groups is 1. The van der Waals surface area contributed by atoms with Crippen LogP contribution >= 0.6 is 0 Å². The van der Waals surface area contributed by atoms with Crippen LogP contribution in [0.25, 0.3) is 0 Å². The second kappa shape index (κ2) is 12.5. The number of nitrogens with zero attached hydrogens (tertiary/aromatic N) is 2. The lowest BCUT2D eigenvalue weighted by Gasteiger charge is -2.38. The van der Waals surface area contributed by atoms with Crippen LogP contribution in [0.1, 0.15) is 63.5 Å². The van der Waals surface area contributed by atoms with Gasteiger partial charge in [0.1, 0.15) is 5.75 Å². The smallest absolute Gasteiger partial charge is 0.316 e. The fourth-order valence-corrected chi connectivity index (χ4v) is 5.72. The number of rotatable bonds is 5. The van der Waals surface area contributed by atoms with Gasteiger partial charge in [-0.3, -0.25) is 4.79 Å². The number of phenolic OH excluding ortho intramolecular Hbond substituents is 1. The molecule has 2 heterocycles. The van der Waals surface area contributed by atoms with E-state index in [-0.39, 0.29) is 11.4 Å². The van der Waals surface area contributed by atoms with Crippen molar-refractivity contribution in [1.29, 1.82) is 0 Å². The summed E-state index contributed by atoms with van der Waals surface area (Å²) >= 11 is 0. The molecule has 192 valence electrons. The quantitative estimate of drug-likeness (QED) is 0.583. The molecule has 5 nitrogen and oxygen atoms in total. The number of hydrogen-bond donors (Lipinski definition) is 1. The SMILES string of the molecule is CCC1(c2cccc(O)c2)CCCCN(C)C1.CCOC(=O)C1(c2ccccc2)CCN(C)CC1. The second-order valence-electron chi connectivity index (χ2n) is 10.4. The topological polar surface area (TPSA) is 53.0 Å². The minimum atomic E-state index is -0.441. The molecule has 5 heteroatoms. The summed E-state index contributed by atoms with van der Waals surface area (Å²) in [6.45, 7) is 8.76. The first-order chi connectivity index (χ1) is 16.8. The summed E-state index contributed by atoms with van der Waals surface area (Å²) in [5, 5.41) is 9.68. The second-order valence-corrected chi connectivity index (χ2v) is 10.4. The largest absolute Gasteiger partial charge is 0.508 e. The van der Waals surface area contributed by atoms with Gasteiger partial charge in [-0.1, -0.05) is 55.8 Å². The number of aromatic hydroxyl groups is 1. The maximum absolute atomic E-state index is 12.4. The Kier molecular flexibility index (Phi) is 9.76. The number of likely N-dealkylation sites (tertiary alicyclic amines) is 2. The third-order valence-corrected chi connectivity index (χ3v) is 7.99. The van der Waals surface area contributed by atoms with Crippen molar-refractivity contribution in [1.82, 2.24) is 9.80 Å². The molecular formula is C30H44N2O3. The fraction of sp³-hybridized carbons (Fsp3) is 0.567. The van der Waals surface area contributed by atoms with Gasteiger partial charge < -0.3 is 19.6 Å². The van der Waals surface area contributed by atoms with Crippen LogP contribution in [0, 0.1) is 0 Å². The molecule has 0 spiro atoms. The number of hydrogen-bond acceptors (Lipinski definition) is 5. The molecular weight excluding hydrogens is 436 g/mol. The highest BCUT2D eigenvalue weighted by Gasteiger charge is 2.43. The van der Waals surface area contributed by atoms with Crippen molar-refractivity contribution in [2.75, 3.05) is 46.9 Å². The Morgan fingerprint density at radius 2 is 1.57 bits per heavy atom. The molecule has 0 radical (unpaired) electrons. The summed E-state index contributed by atoms with van der Waals surface area (Å²) in [6, 6.07) is 17.9. The van der Waals surface area contributed by atoms with E-state index >= 15 is 0 Å². The number of esters is 1. The van der Waals surface area contributed by atoms with E-state index in [1.807, 2.05) is 49.4 Å². The minimum Gasteiger partial charge on any atom is -0.508 e. The lowest BCUT2D eigenvalue weighted by atomic mass is 9.73. The fourth-order valence-electron chi connectivity index (χ4n) is 5.72. The van der Waals surface area contributed by atoms with Crippen LogP contribution < -0.4 is 0 Å². The Bertz CT molecular complexity index is 924. The maximum atomic E-state index is 12.4. The molecule has 1 atom stereocenters. The Labute approximate surface area is 212 Å². The molecule has 0 saturated carbocycles. The van der Waals surface area contributed by atoms with Gasteiger partial charge in [-0.2, -0.15) is 0 Å². The third-order valence-electron chi connectivity index (χ3n) is 7.99.